The maximum absolute atomic E-state index is 12.0. The Morgan fingerprint density at radius 2 is 2.19 bits per heavy atom. The summed E-state index contributed by atoms with van der Waals surface area (Å²) in [5, 5.41) is 15.4. The van der Waals surface area contributed by atoms with Crippen LogP contribution in [0.2, 0.25) is 0 Å². The summed E-state index contributed by atoms with van der Waals surface area (Å²) in [6, 6.07) is 8.54. The second kappa shape index (κ2) is 5.30. The Kier molecular flexibility index (Phi) is 3.33. The highest BCUT2D eigenvalue weighted by molar-refractivity contribution is 9.10. The first kappa shape index (κ1) is 13.2. The number of nitrogens with zero attached hydrogens (tertiary/aromatic N) is 5. The molecule has 1 N–H and O–H groups in total. The number of pyridine rings is 2. The van der Waals surface area contributed by atoms with Gasteiger partial charge in [0.05, 0.1) is 5.56 Å². The van der Waals surface area contributed by atoms with Crippen LogP contribution in [0.3, 0.4) is 0 Å². The van der Waals surface area contributed by atoms with E-state index < -0.39 is 5.91 Å². The lowest BCUT2D eigenvalue weighted by Crippen LogP contribution is -2.14. The molecule has 8 heteroatoms. The number of nitrogens with one attached hydrogen (secondary N) is 1. The lowest BCUT2D eigenvalue weighted by atomic mass is 10.2. The van der Waals surface area contributed by atoms with E-state index in [0.29, 0.717) is 11.2 Å². The summed E-state index contributed by atoms with van der Waals surface area (Å²) in [6.45, 7) is 0. The number of rotatable bonds is 2. The molecule has 21 heavy (non-hydrogen) atoms. The molecule has 0 aliphatic carbocycles. The van der Waals surface area contributed by atoms with Gasteiger partial charge < -0.3 is 0 Å². The average molecular weight is 343 g/mol. The van der Waals surface area contributed by atoms with E-state index in [1.807, 2.05) is 12.1 Å². The molecule has 3 rings (SSSR count). The van der Waals surface area contributed by atoms with Crippen LogP contribution in [0.1, 0.15) is 16.1 Å². The number of hydrogen-bond acceptors (Lipinski definition) is 5. The number of anilines is 1. The van der Waals surface area contributed by atoms with Crippen LogP contribution in [0.5, 0.6) is 0 Å². The molecular weight excluding hydrogens is 336 g/mol. The third kappa shape index (κ3) is 2.73. The Morgan fingerprint density at radius 3 is 2.90 bits per heavy atom. The van der Waals surface area contributed by atoms with E-state index in [0.717, 1.165) is 4.47 Å². The molecule has 0 aliphatic heterocycles. The third-order valence-corrected chi connectivity index (χ3v) is 3.11. The first-order valence-electron chi connectivity index (χ1n) is 5.85. The van der Waals surface area contributed by atoms with Gasteiger partial charge in [0.2, 0.25) is 5.95 Å². The van der Waals surface area contributed by atoms with E-state index in [4.69, 9.17) is 5.26 Å². The smallest absolute Gasteiger partial charge is 0.276 e. The number of carbonyl (C=O) groups is 1. The van der Waals surface area contributed by atoms with Crippen LogP contribution in [0.15, 0.2) is 41.1 Å². The van der Waals surface area contributed by atoms with Crippen LogP contribution in [0.25, 0.3) is 5.65 Å². The fourth-order valence-electron chi connectivity index (χ4n) is 1.67. The lowest BCUT2D eigenvalue weighted by molar-refractivity contribution is 0.102. The predicted octanol–water partition coefficient (Wildman–Crippen LogP) is 2.01. The average Bonchev–Trinajstić information content (AvgIpc) is 2.88. The fourth-order valence-corrected chi connectivity index (χ4v) is 2.00. The summed E-state index contributed by atoms with van der Waals surface area (Å²) in [6.07, 6.45) is 3.07. The van der Waals surface area contributed by atoms with E-state index in [2.05, 4.69) is 36.3 Å². The zero-order chi connectivity index (χ0) is 14.8. The van der Waals surface area contributed by atoms with Crippen molar-refractivity contribution in [3.63, 3.8) is 0 Å². The van der Waals surface area contributed by atoms with E-state index in [-0.39, 0.29) is 11.6 Å². The highest BCUT2D eigenvalue weighted by Gasteiger charge is 2.11. The van der Waals surface area contributed by atoms with Crippen molar-refractivity contribution in [2.45, 2.75) is 0 Å². The number of aromatic nitrogens is 4. The Morgan fingerprint density at radius 1 is 1.33 bits per heavy atom. The van der Waals surface area contributed by atoms with E-state index in [9.17, 15) is 4.79 Å². The lowest BCUT2D eigenvalue weighted by Gasteiger charge is -1.99. The highest BCUT2D eigenvalue weighted by atomic mass is 79.9. The van der Waals surface area contributed by atoms with E-state index >= 15 is 0 Å². The zero-order valence-electron chi connectivity index (χ0n) is 10.5. The number of fused-ring (bicyclic) bond motifs is 1. The molecule has 0 bridgehead atoms. The van der Waals surface area contributed by atoms with Gasteiger partial charge in [-0.25, -0.2) is 9.50 Å². The van der Waals surface area contributed by atoms with Gasteiger partial charge in [0.25, 0.3) is 5.91 Å². The summed E-state index contributed by atoms with van der Waals surface area (Å²) in [5.74, 6) is -0.251. The number of amides is 1. The third-order valence-electron chi connectivity index (χ3n) is 2.65. The monoisotopic (exact) mass is 342 g/mol. The van der Waals surface area contributed by atoms with Crippen molar-refractivity contribution in [3.8, 4) is 6.07 Å². The molecular formula is C13H7BrN6O. The second-order valence-corrected chi connectivity index (χ2v) is 5.00. The molecule has 0 saturated carbocycles. The maximum atomic E-state index is 12.0. The molecule has 0 spiro atoms. The standard InChI is InChI=1S/C13H7BrN6O/c14-9-2-4-11-17-13(19-20(11)7-9)18-12(21)10-3-1-8(5-15)6-16-10/h1-4,6-7H,(H,18,19,21). The van der Waals surface area contributed by atoms with Crippen molar-refractivity contribution < 1.29 is 4.79 Å². The summed E-state index contributed by atoms with van der Waals surface area (Å²) in [5.41, 5.74) is 1.19. The van der Waals surface area contributed by atoms with Gasteiger partial charge in [0, 0.05) is 16.9 Å². The molecule has 3 aromatic rings. The summed E-state index contributed by atoms with van der Waals surface area (Å²) < 4.78 is 2.40. The number of carbonyl (C=O) groups excluding carboxylic acids is 1. The van der Waals surface area contributed by atoms with Crippen molar-refractivity contribution in [1.82, 2.24) is 19.6 Å². The maximum Gasteiger partial charge on any atom is 0.276 e. The van der Waals surface area contributed by atoms with Gasteiger partial charge in [-0.3, -0.25) is 10.1 Å². The van der Waals surface area contributed by atoms with Gasteiger partial charge in [-0.2, -0.15) is 10.2 Å². The molecule has 0 radical (unpaired) electrons. The molecule has 0 aliphatic rings. The summed E-state index contributed by atoms with van der Waals surface area (Å²) in [4.78, 5) is 20.1. The van der Waals surface area contributed by atoms with Crippen LogP contribution in [-0.2, 0) is 0 Å². The molecule has 0 atom stereocenters. The predicted molar refractivity (Wildman–Crippen MR) is 77.6 cm³/mol. The Labute approximate surface area is 127 Å². The Balaban J connectivity index is 1.83. The van der Waals surface area contributed by atoms with Crippen LogP contribution in [-0.4, -0.2) is 25.5 Å². The first-order chi connectivity index (χ1) is 10.2. The molecule has 3 aromatic heterocycles. The van der Waals surface area contributed by atoms with E-state index in [1.165, 1.54) is 18.3 Å². The molecule has 102 valence electrons. The van der Waals surface area contributed by atoms with Gasteiger partial charge >= 0.3 is 0 Å². The SMILES string of the molecule is N#Cc1ccc(C(=O)Nc2nc3ccc(Br)cn3n2)nc1. The molecule has 7 nitrogen and oxygen atoms in total. The zero-order valence-corrected chi connectivity index (χ0v) is 12.1. The topological polar surface area (TPSA) is 96.0 Å². The highest BCUT2D eigenvalue weighted by Crippen LogP contribution is 2.12. The quantitative estimate of drug-likeness (QED) is 0.768. The molecule has 0 unspecified atom stereocenters. The minimum atomic E-state index is -0.436. The molecule has 0 saturated heterocycles. The molecule has 3 heterocycles. The van der Waals surface area contributed by atoms with Crippen molar-refractivity contribution in [1.29, 1.82) is 5.26 Å². The number of hydrogen-bond donors (Lipinski definition) is 1. The van der Waals surface area contributed by atoms with Gasteiger partial charge in [0.1, 0.15) is 11.8 Å². The minimum Gasteiger partial charge on any atom is -0.288 e. The van der Waals surface area contributed by atoms with Crippen LogP contribution in [0, 0.1) is 11.3 Å². The second-order valence-electron chi connectivity index (χ2n) is 4.08. The van der Waals surface area contributed by atoms with Crippen molar-refractivity contribution in [3.05, 3.63) is 52.4 Å². The minimum absolute atomic E-state index is 0.184. The first-order valence-corrected chi connectivity index (χ1v) is 6.64. The van der Waals surface area contributed by atoms with Crippen molar-refractivity contribution in [2.75, 3.05) is 5.32 Å². The Hall–Kier alpha value is -2.79. The molecule has 0 aromatic carbocycles. The number of halogens is 1. The van der Waals surface area contributed by atoms with E-state index in [1.54, 1.807) is 16.8 Å². The number of nitriles is 1. The Bertz CT molecular complexity index is 864. The van der Waals surface area contributed by atoms with Crippen molar-refractivity contribution >= 4 is 33.4 Å². The van der Waals surface area contributed by atoms with Gasteiger partial charge in [-0.05, 0) is 40.2 Å². The summed E-state index contributed by atoms with van der Waals surface area (Å²) in [7, 11) is 0. The van der Waals surface area contributed by atoms with Gasteiger partial charge in [0.15, 0.2) is 5.65 Å². The molecule has 0 fully saturated rings. The van der Waals surface area contributed by atoms with Crippen LogP contribution < -0.4 is 5.32 Å². The van der Waals surface area contributed by atoms with Crippen LogP contribution in [0.4, 0.5) is 5.95 Å². The van der Waals surface area contributed by atoms with Crippen LogP contribution >= 0.6 is 15.9 Å². The van der Waals surface area contributed by atoms with Gasteiger partial charge in [-0.15, -0.1) is 5.10 Å². The molecule has 1 amide bonds. The normalized spacial score (nSPS) is 10.3. The van der Waals surface area contributed by atoms with Gasteiger partial charge in [-0.1, -0.05) is 0 Å². The summed E-state index contributed by atoms with van der Waals surface area (Å²) >= 11 is 3.33. The largest absolute Gasteiger partial charge is 0.288 e. The van der Waals surface area contributed by atoms with Crippen molar-refractivity contribution in [2.24, 2.45) is 0 Å². The fraction of sp³-hybridized carbons (Fsp3) is 0.